The monoisotopic (exact) mass is 375 g/mol. The zero-order valence-electron chi connectivity index (χ0n) is 13.3. The van der Waals surface area contributed by atoms with Gasteiger partial charge in [0.25, 0.3) is 5.91 Å². The minimum Gasteiger partial charge on any atom is -0.338 e. The fraction of sp³-hybridized carbons (Fsp3) is 0.118. The maximum atomic E-state index is 12.5. The molecule has 2 heterocycles. The van der Waals surface area contributed by atoms with Gasteiger partial charge in [-0.25, -0.2) is 13.6 Å². The molecule has 0 aliphatic carbocycles. The molecule has 0 radical (unpaired) electrons. The second-order valence-corrected chi connectivity index (χ2v) is 8.21. The number of nitrogens with zero attached hydrogens (tertiary/aromatic N) is 1. The minimum atomic E-state index is -3.57. The summed E-state index contributed by atoms with van der Waals surface area (Å²) in [6.07, 6.45) is 1.86. The van der Waals surface area contributed by atoms with Crippen LogP contribution in [0.1, 0.15) is 20.9 Å². The molecule has 8 heteroatoms. The molecular formula is C17H17N3O3S2. The molecule has 0 fully saturated rings. The molecule has 0 aliphatic heterocycles. The van der Waals surface area contributed by atoms with Crippen molar-refractivity contribution in [3.8, 4) is 0 Å². The van der Waals surface area contributed by atoms with Crippen molar-refractivity contribution in [1.82, 2.24) is 4.57 Å². The van der Waals surface area contributed by atoms with Crippen LogP contribution in [-0.4, -0.2) is 18.9 Å². The first-order valence-corrected chi connectivity index (χ1v) is 10.1. The Bertz CT molecular complexity index is 959. The second kappa shape index (κ2) is 7.22. The van der Waals surface area contributed by atoms with Crippen LogP contribution < -0.4 is 10.5 Å². The molecule has 130 valence electrons. The number of thiophene rings is 1. The molecule has 3 N–H and O–H groups in total. The lowest BCUT2D eigenvalue weighted by Crippen LogP contribution is -2.17. The zero-order chi connectivity index (χ0) is 17.9. The van der Waals surface area contributed by atoms with Gasteiger partial charge in [0.05, 0.1) is 12.3 Å². The van der Waals surface area contributed by atoms with E-state index < -0.39 is 10.0 Å². The van der Waals surface area contributed by atoms with Crippen LogP contribution in [0.2, 0.25) is 0 Å². The topological polar surface area (TPSA) is 94.2 Å². The van der Waals surface area contributed by atoms with E-state index in [0.717, 1.165) is 4.88 Å². The molecule has 0 bridgehead atoms. The zero-order valence-corrected chi connectivity index (χ0v) is 14.9. The molecule has 25 heavy (non-hydrogen) atoms. The second-order valence-electron chi connectivity index (χ2n) is 5.56. The summed E-state index contributed by atoms with van der Waals surface area (Å²) in [5, 5.41) is 9.84. The van der Waals surface area contributed by atoms with E-state index in [-0.39, 0.29) is 11.7 Å². The fourth-order valence-corrected chi connectivity index (χ4v) is 3.80. The van der Waals surface area contributed by atoms with Crippen molar-refractivity contribution in [3.63, 3.8) is 0 Å². The van der Waals surface area contributed by atoms with Crippen molar-refractivity contribution in [2.75, 3.05) is 5.32 Å². The highest BCUT2D eigenvalue weighted by Gasteiger charge is 2.12. The lowest BCUT2D eigenvalue weighted by molar-refractivity contribution is 0.101. The van der Waals surface area contributed by atoms with Crippen LogP contribution in [0.15, 0.2) is 60.1 Å². The van der Waals surface area contributed by atoms with E-state index in [2.05, 4.69) is 5.32 Å². The summed E-state index contributed by atoms with van der Waals surface area (Å²) < 4.78 is 24.1. The largest absolute Gasteiger partial charge is 0.338 e. The van der Waals surface area contributed by atoms with Crippen molar-refractivity contribution >= 4 is 33.0 Å². The van der Waals surface area contributed by atoms with Gasteiger partial charge in [0.2, 0.25) is 10.0 Å². The Morgan fingerprint density at radius 3 is 2.52 bits per heavy atom. The van der Waals surface area contributed by atoms with E-state index in [1.54, 1.807) is 41.7 Å². The highest BCUT2D eigenvalue weighted by atomic mass is 32.2. The molecule has 0 saturated heterocycles. The van der Waals surface area contributed by atoms with Crippen molar-refractivity contribution in [3.05, 3.63) is 76.2 Å². The minimum absolute atomic E-state index is 0.222. The van der Waals surface area contributed by atoms with Gasteiger partial charge in [0, 0.05) is 16.8 Å². The first kappa shape index (κ1) is 17.4. The highest BCUT2D eigenvalue weighted by Crippen LogP contribution is 2.16. The van der Waals surface area contributed by atoms with Gasteiger partial charge in [-0.05, 0) is 41.3 Å². The van der Waals surface area contributed by atoms with E-state index in [4.69, 9.17) is 5.14 Å². The van der Waals surface area contributed by atoms with Gasteiger partial charge in [-0.1, -0.05) is 18.2 Å². The van der Waals surface area contributed by atoms with Gasteiger partial charge < -0.3 is 9.88 Å². The van der Waals surface area contributed by atoms with Crippen molar-refractivity contribution in [2.24, 2.45) is 5.14 Å². The van der Waals surface area contributed by atoms with Gasteiger partial charge in [-0.15, -0.1) is 11.3 Å². The molecule has 0 unspecified atom stereocenters. The third-order valence-electron chi connectivity index (χ3n) is 3.55. The Morgan fingerprint density at radius 2 is 1.88 bits per heavy atom. The number of amides is 1. The third-order valence-corrected chi connectivity index (χ3v) is 5.14. The smallest absolute Gasteiger partial charge is 0.272 e. The molecule has 0 spiro atoms. The number of rotatable bonds is 6. The number of hydrogen-bond donors (Lipinski definition) is 2. The SMILES string of the molecule is NS(=O)(=O)Cc1ccc(NC(=O)c2cccn2Cc2cccs2)cc1. The number of nitrogens with one attached hydrogen (secondary N) is 1. The van der Waals surface area contributed by atoms with Crippen molar-refractivity contribution < 1.29 is 13.2 Å². The lowest BCUT2D eigenvalue weighted by Gasteiger charge is -2.09. The molecule has 0 atom stereocenters. The molecular weight excluding hydrogens is 358 g/mol. The number of anilines is 1. The Labute approximate surface area is 150 Å². The molecule has 2 aromatic heterocycles. The highest BCUT2D eigenvalue weighted by molar-refractivity contribution is 7.88. The summed E-state index contributed by atoms with van der Waals surface area (Å²) in [5.74, 6) is -0.453. The molecule has 1 aromatic carbocycles. The maximum Gasteiger partial charge on any atom is 0.272 e. The summed E-state index contributed by atoms with van der Waals surface area (Å²) in [7, 11) is -3.57. The normalized spacial score (nSPS) is 11.4. The summed E-state index contributed by atoms with van der Waals surface area (Å²) in [6.45, 7) is 0.640. The Hall–Kier alpha value is -2.42. The van der Waals surface area contributed by atoms with Crippen LogP contribution in [0, 0.1) is 0 Å². The number of hydrogen-bond acceptors (Lipinski definition) is 4. The molecule has 0 aliphatic rings. The van der Waals surface area contributed by atoms with Crippen LogP contribution in [-0.2, 0) is 22.3 Å². The number of nitrogens with two attached hydrogens (primary N) is 1. The molecule has 0 saturated carbocycles. The van der Waals surface area contributed by atoms with Gasteiger partial charge in [-0.2, -0.15) is 0 Å². The number of benzene rings is 1. The van der Waals surface area contributed by atoms with Crippen molar-refractivity contribution in [1.29, 1.82) is 0 Å². The average Bonchev–Trinajstić information content (AvgIpc) is 3.20. The van der Waals surface area contributed by atoms with Crippen LogP contribution in [0.25, 0.3) is 0 Å². The summed E-state index contributed by atoms with van der Waals surface area (Å²) in [4.78, 5) is 13.7. The van der Waals surface area contributed by atoms with E-state index in [0.29, 0.717) is 23.5 Å². The molecule has 6 nitrogen and oxygen atoms in total. The summed E-state index contributed by atoms with van der Waals surface area (Å²) in [6, 6.07) is 14.2. The molecule has 3 aromatic rings. The maximum absolute atomic E-state index is 12.5. The standard InChI is InChI=1S/C17H17N3O3S2/c18-25(22,23)12-13-5-7-14(8-6-13)19-17(21)16-4-1-9-20(16)11-15-3-2-10-24-15/h1-10H,11-12H2,(H,19,21)(H2,18,22,23). The predicted octanol–water partition coefficient (Wildman–Crippen LogP) is 2.64. The number of carbonyl (C=O) groups excluding carboxylic acids is 1. The van der Waals surface area contributed by atoms with Gasteiger partial charge >= 0.3 is 0 Å². The van der Waals surface area contributed by atoms with Crippen LogP contribution in [0.4, 0.5) is 5.69 Å². The van der Waals surface area contributed by atoms with Crippen LogP contribution in [0.3, 0.4) is 0 Å². The van der Waals surface area contributed by atoms with Gasteiger partial charge in [0.1, 0.15) is 5.69 Å². The van der Waals surface area contributed by atoms with E-state index >= 15 is 0 Å². The number of primary sulfonamides is 1. The van der Waals surface area contributed by atoms with Crippen LogP contribution in [0.5, 0.6) is 0 Å². The Morgan fingerprint density at radius 1 is 1.12 bits per heavy atom. The first-order valence-electron chi connectivity index (χ1n) is 7.49. The predicted molar refractivity (Wildman–Crippen MR) is 99.1 cm³/mol. The van der Waals surface area contributed by atoms with Gasteiger partial charge in [0.15, 0.2) is 0 Å². The lowest BCUT2D eigenvalue weighted by atomic mass is 10.2. The van der Waals surface area contributed by atoms with E-state index in [9.17, 15) is 13.2 Å². The van der Waals surface area contributed by atoms with E-state index in [1.807, 2.05) is 34.3 Å². The average molecular weight is 375 g/mol. The first-order chi connectivity index (χ1) is 11.9. The van der Waals surface area contributed by atoms with Crippen molar-refractivity contribution in [2.45, 2.75) is 12.3 Å². The molecule has 3 rings (SSSR count). The van der Waals surface area contributed by atoms with Crippen LogP contribution >= 0.6 is 11.3 Å². The summed E-state index contributed by atoms with van der Waals surface area (Å²) in [5.41, 5.74) is 1.72. The Kier molecular flexibility index (Phi) is 5.03. The Balaban J connectivity index is 1.69. The quantitative estimate of drug-likeness (QED) is 0.693. The molecule has 1 amide bonds. The number of sulfonamides is 1. The number of aromatic nitrogens is 1. The third kappa shape index (κ3) is 4.79. The van der Waals surface area contributed by atoms with Gasteiger partial charge in [-0.3, -0.25) is 4.79 Å². The summed E-state index contributed by atoms with van der Waals surface area (Å²) >= 11 is 1.64. The number of carbonyl (C=O) groups is 1. The fourth-order valence-electron chi connectivity index (χ4n) is 2.44. The van der Waals surface area contributed by atoms with E-state index in [1.165, 1.54) is 0 Å².